The Hall–Kier alpha value is -2.15. The molecule has 1 amide bonds. The second-order valence-corrected chi connectivity index (χ2v) is 6.21. The number of halogens is 2. The second-order valence-electron chi connectivity index (χ2n) is 4.48. The molecule has 0 saturated heterocycles. The Bertz CT molecular complexity index is 858. The lowest BCUT2D eigenvalue weighted by Gasteiger charge is -2.01. The number of hydrogen-bond donors (Lipinski definition) is 2. The Balaban J connectivity index is 1.75. The first kappa shape index (κ1) is 15.7. The first-order valence-corrected chi connectivity index (χ1v) is 8.15. The number of thiophene rings is 1. The van der Waals surface area contributed by atoms with E-state index in [4.69, 9.17) is 23.2 Å². The van der Waals surface area contributed by atoms with Crippen LogP contribution in [0.2, 0.25) is 10.0 Å². The molecule has 116 valence electrons. The molecule has 5 nitrogen and oxygen atoms in total. The van der Waals surface area contributed by atoms with Crippen molar-refractivity contribution in [3.8, 4) is 10.6 Å². The minimum absolute atomic E-state index is 0.364. The lowest BCUT2D eigenvalue weighted by molar-refractivity contribution is 0.0956. The van der Waals surface area contributed by atoms with Gasteiger partial charge in [-0.05, 0) is 17.5 Å². The number of benzene rings is 1. The number of aromatic amines is 1. The Morgan fingerprint density at radius 2 is 2.17 bits per heavy atom. The molecule has 0 atom stereocenters. The number of hydrogen-bond acceptors (Lipinski definition) is 4. The van der Waals surface area contributed by atoms with Gasteiger partial charge in [-0.1, -0.05) is 41.4 Å². The monoisotopic (exact) mass is 364 g/mol. The molecule has 0 bridgehead atoms. The molecular formula is C15H10Cl2N4OS. The summed E-state index contributed by atoms with van der Waals surface area (Å²) in [7, 11) is 0. The summed E-state index contributed by atoms with van der Waals surface area (Å²) in [6, 6.07) is 8.99. The van der Waals surface area contributed by atoms with Crippen LogP contribution in [0.5, 0.6) is 0 Å². The molecule has 8 heteroatoms. The standard InChI is InChI=1S/C15H10Cl2N4OS/c16-11-4-1-3-9(13(11)17)7-18-21-15(22)10-8-19-20-14(10)12-5-2-6-23-12/h1-8H,(H,19,20)(H,21,22)/b18-7+. The number of carbonyl (C=O) groups excluding carboxylic acids is 1. The lowest BCUT2D eigenvalue weighted by Crippen LogP contribution is -2.17. The number of nitrogens with zero attached hydrogens (tertiary/aromatic N) is 2. The fraction of sp³-hybridized carbons (Fsp3) is 0. The summed E-state index contributed by atoms with van der Waals surface area (Å²) in [5, 5.41) is 13.4. The van der Waals surface area contributed by atoms with Crippen molar-refractivity contribution in [1.29, 1.82) is 0 Å². The van der Waals surface area contributed by atoms with Crippen molar-refractivity contribution in [2.75, 3.05) is 0 Å². The Kier molecular flexibility index (Phi) is 4.76. The number of aromatic nitrogens is 2. The van der Waals surface area contributed by atoms with E-state index in [0.717, 1.165) is 4.88 Å². The first-order chi connectivity index (χ1) is 11.2. The van der Waals surface area contributed by atoms with E-state index in [9.17, 15) is 4.79 Å². The van der Waals surface area contributed by atoms with Crippen LogP contribution in [-0.4, -0.2) is 22.3 Å². The molecule has 2 heterocycles. The molecular weight excluding hydrogens is 355 g/mol. The van der Waals surface area contributed by atoms with Gasteiger partial charge in [-0.25, -0.2) is 5.43 Å². The topological polar surface area (TPSA) is 70.1 Å². The minimum atomic E-state index is -0.364. The van der Waals surface area contributed by atoms with Gasteiger partial charge in [0, 0.05) is 5.56 Å². The zero-order chi connectivity index (χ0) is 16.2. The highest BCUT2D eigenvalue weighted by atomic mass is 35.5. The number of amides is 1. The molecule has 0 fully saturated rings. The summed E-state index contributed by atoms with van der Waals surface area (Å²) in [5.74, 6) is -0.364. The molecule has 0 radical (unpaired) electrons. The third kappa shape index (κ3) is 3.44. The molecule has 0 aliphatic heterocycles. The van der Waals surface area contributed by atoms with Crippen LogP contribution >= 0.6 is 34.5 Å². The largest absolute Gasteiger partial charge is 0.276 e. The molecule has 0 aliphatic rings. The summed E-state index contributed by atoms with van der Waals surface area (Å²) in [5.41, 5.74) is 4.15. The van der Waals surface area contributed by atoms with E-state index >= 15 is 0 Å². The third-order valence-electron chi connectivity index (χ3n) is 3.00. The quantitative estimate of drug-likeness (QED) is 0.537. The SMILES string of the molecule is O=C(N/N=C/c1cccc(Cl)c1Cl)c1cn[nH]c1-c1cccs1. The van der Waals surface area contributed by atoms with Crippen LogP contribution in [-0.2, 0) is 0 Å². The van der Waals surface area contributed by atoms with E-state index in [1.165, 1.54) is 23.7 Å². The smallest absolute Gasteiger partial charge is 0.275 e. The first-order valence-electron chi connectivity index (χ1n) is 6.51. The number of hydrazone groups is 1. The maximum Gasteiger partial charge on any atom is 0.275 e. The fourth-order valence-corrected chi connectivity index (χ4v) is 3.00. The summed E-state index contributed by atoms with van der Waals surface area (Å²) in [4.78, 5) is 13.2. The average Bonchev–Trinajstić information content (AvgIpc) is 3.21. The Labute approximate surface area is 145 Å². The number of rotatable bonds is 4. The highest BCUT2D eigenvalue weighted by molar-refractivity contribution is 7.13. The van der Waals surface area contributed by atoms with Crippen LogP contribution in [0.1, 0.15) is 15.9 Å². The molecule has 0 aliphatic carbocycles. The number of H-pyrrole nitrogens is 1. The van der Waals surface area contributed by atoms with Gasteiger partial charge in [-0.3, -0.25) is 9.89 Å². The molecule has 0 unspecified atom stereocenters. The molecule has 23 heavy (non-hydrogen) atoms. The number of nitrogens with one attached hydrogen (secondary N) is 2. The van der Waals surface area contributed by atoms with Crippen LogP contribution < -0.4 is 5.43 Å². The van der Waals surface area contributed by atoms with E-state index in [-0.39, 0.29) is 5.91 Å². The minimum Gasteiger partial charge on any atom is -0.276 e. The maximum absolute atomic E-state index is 12.2. The lowest BCUT2D eigenvalue weighted by atomic mass is 10.2. The van der Waals surface area contributed by atoms with Gasteiger partial charge in [0.05, 0.1) is 38.6 Å². The zero-order valence-electron chi connectivity index (χ0n) is 11.6. The van der Waals surface area contributed by atoms with Crippen LogP contribution in [0, 0.1) is 0 Å². The van der Waals surface area contributed by atoms with Crippen LogP contribution in [0.3, 0.4) is 0 Å². The van der Waals surface area contributed by atoms with E-state index in [0.29, 0.717) is 26.9 Å². The maximum atomic E-state index is 12.2. The summed E-state index contributed by atoms with van der Waals surface area (Å²) in [6.07, 6.45) is 2.91. The molecule has 2 N–H and O–H groups in total. The highest BCUT2D eigenvalue weighted by Gasteiger charge is 2.15. The molecule has 0 saturated carbocycles. The van der Waals surface area contributed by atoms with E-state index in [1.54, 1.807) is 18.2 Å². The van der Waals surface area contributed by atoms with Crippen molar-refractivity contribution in [3.05, 3.63) is 63.1 Å². The van der Waals surface area contributed by atoms with Crippen LogP contribution in [0.15, 0.2) is 47.0 Å². The molecule has 3 aromatic rings. The fourth-order valence-electron chi connectivity index (χ4n) is 1.91. The van der Waals surface area contributed by atoms with Gasteiger partial charge in [-0.15, -0.1) is 11.3 Å². The second kappa shape index (κ2) is 6.95. The molecule has 1 aromatic carbocycles. The van der Waals surface area contributed by atoms with Gasteiger partial charge < -0.3 is 0 Å². The van der Waals surface area contributed by atoms with E-state index < -0.39 is 0 Å². The molecule has 2 aromatic heterocycles. The van der Waals surface area contributed by atoms with Crippen molar-refractivity contribution in [2.45, 2.75) is 0 Å². The highest BCUT2D eigenvalue weighted by Crippen LogP contribution is 2.26. The molecule has 0 spiro atoms. The van der Waals surface area contributed by atoms with E-state index in [2.05, 4.69) is 20.7 Å². The number of carbonyl (C=O) groups is 1. The van der Waals surface area contributed by atoms with Gasteiger partial charge >= 0.3 is 0 Å². The van der Waals surface area contributed by atoms with E-state index in [1.807, 2.05) is 17.5 Å². The third-order valence-corrected chi connectivity index (χ3v) is 4.72. The average molecular weight is 365 g/mol. The summed E-state index contributed by atoms with van der Waals surface area (Å²) < 4.78 is 0. The van der Waals surface area contributed by atoms with Gasteiger partial charge in [0.15, 0.2) is 0 Å². The predicted molar refractivity (Wildman–Crippen MR) is 93.4 cm³/mol. The molecule has 3 rings (SSSR count). The van der Waals surface area contributed by atoms with Crippen molar-refractivity contribution < 1.29 is 4.79 Å². The normalized spacial score (nSPS) is 11.0. The van der Waals surface area contributed by atoms with Gasteiger partial charge in [0.2, 0.25) is 0 Å². The van der Waals surface area contributed by atoms with Crippen molar-refractivity contribution in [3.63, 3.8) is 0 Å². The van der Waals surface area contributed by atoms with Crippen LogP contribution in [0.25, 0.3) is 10.6 Å². The van der Waals surface area contributed by atoms with Crippen molar-refractivity contribution >= 4 is 46.7 Å². The Morgan fingerprint density at radius 3 is 2.96 bits per heavy atom. The van der Waals surface area contributed by atoms with Crippen molar-refractivity contribution in [1.82, 2.24) is 15.6 Å². The predicted octanol–water partition coefficient (Wildman–Crippen LogP) is 4.21. The zero-order valence-corrected chi connectivity index (χ0v) is 13.9. The van der Waals surface area contributed by atoms with Crippen molar-refractivity contribution in [2.24, 2.45) is 5.10 Å². The Morgan fingerprint density at radius 1 is 1.30 bits per heavy atom. The summed E-state index contributed by atoms with van der Waals surface area (Å²) >= 11 is 13.5. The summed E-state index contributed by atoms with van der Waals surface area (Å²) in [6.45, 7) is 0. The van der Waals surface area contributed by atoms with Gasteiger partial charge in [0.1, 0.15) is 0 Å². The van der Waals surface area contributed by atoms with Gasteiger partial charge in [-0.2, -0.15) is 10.2 Å². The van der Waals surface area contributed by atoms with Gasteiger partial charge in [0.25, 0.3) is 5.91 Å². The van der Waals surface area contributed by atoms with Crippen LogP contribution in [0.4, 0.5) is 0 Å².